The summed E-state index contributed by atoms with van der Waals surface area (Å²) in [5, 5.41) is 3.03. The summed E-state index contributed by atoms with van der Waals surface area (Å²) in [5.41, 5.74) is 1.78. The number of amides is 1. The maximum atomic E-state index is 14.0. The molecule has 0 bridgehead atoms. The first-order valence-corrected chi connectivity index (χ1v) is 13.5. The molecule has 3 aromatic carbocycles. The largest absolute Gasteiger partial charge is 0.573 e. The number of aryl methyl sites for hydroxylation is 1. The summed E-state index contributed by atoms with van der Waals surface area (Å²) in [6, 6.07) is 20.3. The van der Waals surface area contributed by atoms with Crippen LogP contribution in [-0.2, 0) is 11.2 Å². The summed E-state index contributed by atoms with van der Waals surface area (Å²) < 4.78 is 42.7. The number of H-pyrrole nitrogens is 1. The van der Waals surface area contributed by atoms with Gasteiger partial charge in [0, 0.05) is 41.1 Å². The lowest BCUT2D eigenvalue weighted by Gasteiger charge is -2.27. The van der Waals surface area contributed by atoms with Crippen molar-refractivity contribution < 1.29 is 27.5 Å². The average molecular weight is 625 g/mol. The minimum Gasteiger partial charge on any atom is -0.406 e. The van der Waals surface area contributed by atoms with Crippen LogP contribution in [0.1, 0.15) is 34.2 Å². The lowest BCUT2D eigenvalue weighted by molar-refractivity contribution is -0.274. The number of ketones is 1. The zero-order chi connectivity index (χ0) is 29.0. The number of Topliss-reactive ketones (excluding diaryl/α,β-unsaturated/α-hetero) is 1. The molecule has 1 aliphatic heterocycles. The van der Waals surface area contributed by atoms with Crippen molar-refractivity contribution >= 4 is 33.3 Å². The molecule has 1 atom stereocenters. The van der Waals surface area contributed by atoms with Crippen LogP contribution in [0.5, 0.6) is 5.75 Å². The highest BCUT2D eigenvalue weighted by Crippen LogP contribution is 2.41. The van der Waals surface area contributed by atoms with E-state index in [4.69, 9.17) is 0 Å². The Hall–Kier alpha value is -4.38. The van der Waals surface area contributed by atoms with Crippen molar-refractivity contribution in [3.8, 4) is 5.75 Å². The number of anilines is 1. The van der Waals surface area contributed by atoms with Crippen molar-refractivity contribution in [1.29, 1.82) is 0 Å². The van der Waals surface area contributed by atoms with Gasteiger partial charge in [-0.2, -0.15) is 0 Å². The van der Waals surface area contributed by atoms with Crippen LogP contribution in [-0.4, -0.2) is 39.5 Å². The normalized spacial score (nSPS) is 15.4. The SMILES string of the molecule is O=C(C1=C(Nc2ccc(OC(F)(F)F)cc2)C(=O)N(CCCc2ncc[nH]2)C1c1ccc(Br)cc1)c1ccccc1. The zero-order valence-electron chi connectivity index (χ0n) is 21.5. The molecular weight excluding hydrogens is 601 g/mol. The number of alkyl halides is 3. The van der Waals surface area contributed by atoms with Crippen molar-refractivity contribution in [2.75, 3.05) is 11.9 Å². The summed E-state index contributed by atoms with van der Waals surface area (Å²) in [5.74, 6) is -0.347. The van der Waals surface area contributed by atoms with Gasteiger partial charge < -0.3 is 19.9 Å². The topological polar surface area (TPSA) is 87.3 Å². The molecule has 210 valence electrons. The van der Waals surface area contributed by atoms with E-state index in [1.54, 1.807) is 47.6 Å². The predicted molar refractivity (Wildman–Crippen MR) is 150 cm³/mol. The molecule has 1 unspecified atom stereocenters. The van der Waals surface area contributed by atoms with Gasteiger partial charge in [-0.25, -0.2) is 4.98 Å². The Balaban J connectivity index is 1.54. The van der Waals surface area contributed by atoms with Crippen LogP contribution < -0.4 is 10.1 Å². The Labute approximate surface area is 242 Å². The third-order valence-electron chi connectivity index (χ3n) is 6.52. The van der Waals surface area contributed by atoms with Gasteiger partial charge in [0.25, 0.3) is 5.91 Å². The fourth-order valence-electron chi connectivity index (χ4n) is 4.73. The summed E-state index contributed by atoms with van der Waals surface area (Å²) in [7, 11) is 0. The first kappa shape index (κ1) is 28.2. The summed E-state index contributed by atoms with van der Waals surface area (Å²) in [4.78, 5) is 37.0. The van der Waals surface area contributed by atoms with Gasteiger partial charge in [0.1, 0.15) is 17.3 Å². The molecular formula is C30H24BrF3N4O3. The fourth-order valence-corrected chi connectivity index (χ4v) is 4.99. The highest BCUT2D eigenvalue weighted by atomic mass is 79.9. The Morgan fingerprint density at radius 1 is 1.02 bits per heavy atom. The van der Waals surface area contributed by atoms with Crippen molar-refractivity contribution in [1.82, 2.24) is 14.9 Å². The summed E-state index contributed by atoms with van der Waals surface area (Å²) in [6.45, 7) is 0.329. The maximum Gasteiger partial charge on any atom is 0.573 e. The fraction of sp³-hybridized carbons (Fsp3) is 0.167. The summed E-state index contributed by atoms with van der Waals surface area (Å²) in [6.07, 6.45) is -0.272. The molecule has 0 saturated heterocycles. The van der Waals surface area contributed by atoms with Gasteiger partial charge >= 0.3 is 6.36 Å². The maximum absolute atomic E-state index is 14.0. The Kier molecular flexibility index (Phi) is 8.25. The van der Waals surface area contributed by atoms with E-state index in [1.165, 1.54) is 12.1 Å². The molecule has 11 heteroatoms. The molecule has 0 spiro atoms. The highest BCUT2D eigenvalue weighted by molar-refractivity contribution is 9.10. The molecule has 2 N–H and O–H groups in total. The number of halogens is 4. The molecule has 5 rings (SSSR count). The number of nitrogens with one attached hydrogen (secondary N) is 2. The monoisotopic (exact) mass is 624 g/mol. The number of nitrogens with zero attached hydrogens (tertiary/aromatic N) is 2. The van der Waals surface area contributed by atoms with E-state index < -0.39 is 24.1 Å². The van der Waals surface area contributed by atoms with Gasteiger partial charge in [0.05, 0.1) is 11.6 Å². The third-order valence-corrected chi connectivity index (χ3v) is 7.05. The Morgan fingerprint density at radius 2 is 1.73 bits per heavy atom. The smallest absolute Gasteiger partial charge is 0.406 e. The lowest BCUT2D eigenvalue weighted by Crippen LogP contribution is -2.33. The molecule has 0 aliphatic carbocycles. The number of benzene rings is 3. The Morgan fingerprint density at radius 3 is 2.37 bits per heavy atom. The van der Waals surface area contributed by atoms with Crippen molar-refractivity contribution in [2.24, 2.45) is 0 Å². The number of hydrogen-bond donors (Lipinski definition) is 2. The quantitative estimate of drug-likeness (QED) is 0.189. The second kappa shape index (κ2) is 12.0. The van der Waals surface area contributed by atoms with Crippen LogP contribution in [0.4, 0.5) is 18.9 Å². The number of rotatable bonds is 10. The van der Waals surface area contributed by atoms with Crippen LogP contribution in [0.2, 0.25) is 0 Å². The molecule has 41 heavy (non-hydrogen) atoms. The highest BCUT2D eigenvalue weighted by Gasteiger charge is 2.43. The minimum absolute atomic E-state index is 0.0641. The van der Waals surface area contributed by atoms with Crippen molar-refractivity contribution in [3.63, 3.8) is 0 Å². The van der Waals surface area contributed by atoms with Crippen molar-refractivity contribution in [3.05, 3.63) is 124 Å². The van der Waals surface area contributed by atoms with Crippen LogP contribution in [0, 0.1) is 0 Å². The molecule has 7 nitrogen and oxygen atoms in total. The van der Waals surface area contributed by atoms with E-state index in [2.05, 4.69) is 36.0 Å². The number of hydrogen-bond acceptors (Lipinski definition) is 5. The molecule has 0 radical (unpaired) electrons. The number of carbonyl (C=O) groups excluding carboxylic acids is 2. The summed E-state index contributed by atoms with van der Waals surface area (Å²) >= 11 is 3.44. The minimum atomic E-state index is -4.83. The molecule has 0 saturated carbocycles. The van der Waals surface area contributed by atoms with E-state index in [0.29, 0.717) is 30.6 Å². The number of aromatic nitrogens is 2. The molecule has 0 fully saturated rings. The van der Waals surface area contributed by atoms with Gasteiger partial charge in [0.2, 0.25) is 0 Å². The second-order valence-electron chi connectivity index (χ2n) is 9.27. The third kappa shape index (κ3) is 6.68. The van der Waals surface area contributed by atoms with Gasteiger partial charge in [-0.1, -0.05) is 58.4 Å². The van der Waals surface area contributed by atoms with E-state index in [9.17, 15) is 22.8 Å². The molecule has 1 aromatic heterocycles. The van der Waals surface area contributed by atoms with Gasteiger partial charge in [0.15, 0.2) is 5.78 Å². The van der Waals surface area contributed by atoms with E-state index in [1.807, 2.05) is 24.3 Å². The standard InChI is InChI=1S/C30H24BrF3N4O3/c31-21-10-8-19(9-11-21)27-25(28(39)20-5-2-1-3-6-20)26(29(40)38(27)18-4-7-24-35-16-17-36-24)37-22-12-14-23(15-13-22)41-30(32,33)34/h1-3,5-6,8-17,27,37H,4,7,18H2,(H,35,36). The van der Waals surface area contributed by atoms with E-state index in [0.717, 1.165) is 28.0 Å². The number of imidazole rings is 1. The van der Waals surface area contributed by atoms with Crippen LogP contribution in [0.25, 0.3) is 0 Å². The van der Waals surface area contributed by atoms with E-state index in [-0.39, 0.29) is 17.1 Å². The number of ether oxygens (including phenoxy) is 1. The second-order valence-corrected chi connectivity index (χ2v) is 10.2. The zero-order valence-corrected chi connectivity index (χ0v) is 23.1. The van der Waals surface area contributed by atoms with Crippen molar-refractivity contribution in [2.45, 2.75) is 25.2 Å². The Bertz CT molecular complexity index is 1540. The number of carbonyl (C=O) groups is 2. The first-order chi connectivity index (χ1) is 19.7. The van der Waals surface area contributed by atoms with Crippen LogP contribution in [0.15, 0.2) is 107 Å². The first-order valence-electron chi connectivity index (χ1n) is 12.7. The van der Waals surface area contributed by atoms with Gasteiger partial charge in [-0.15, -0.1) is 13.2 Å². The van der Waals surface area contributed by atoms with Gasteiger partial charge in [-0.3, -0.25) is 9.59 Å². The number of aromatic amines is 1. The molecule has 1 aliphatic rings. The van der Waals surface area contributed by atoms with E-state index >= 15 is 0 Å². The molecule has 4 aromatic rings. The van der Waals surface area contributed by atoms with Crippen LogP contribution >= 0.6 is 15.9 Å². The average Bonchev–Trinajstić information content (AvgIpc) is 3.56. The lowest BCUT2D eigenvalue weighted by atomic mass is 9.92. The van der Waals surface area contributed by atoms with Crippen LogP contribution in [0.3, 0.4) is 0 Å². The molecule has 2 heterocycles. The molecule has 1 amide bonds. The predicted octanol–water partition coefficient (Wildman–Crippen LogP) is 6.84. The van der Waals surface area contributed by atoms with Gasteiger partial charge in [-0.05, 0) is 48.4 Å².